The third-order valence-corrected chi connectivity index (χ3v) is 3.98. The highest BCUT2D eigenvalue weighted by Gasteiger charge is 2.35. The fraction of sp³-hybridized carbons (Fsp3) is 0.250. The van der Waals surface area contributed by atoms with Gasteiger partial charge in [0.05, 0.1) is 29.1 Å². The van der Waals surface area contributed by atoms with E-state index in [0.717, 1.165) is 17.7 Å². The summed E-state index contributed by atoms with van der Waals surface area (Å²) in [7, 11) is 0. The van der Waals surface area contributed by atoms with Gasteiger partial charge in [-0.05, 0) is 18.2 Å². The summed E-state index contributed by atoms with van der Waals surface area (Å²) in [6, 6.07) is 4.93. The van der Waals surface area contributed by atoms with Crippen LogP contribution in [0.25, 0.3) is 0 Å². The van der Waals surface area contributed by atoms with E-state index in [0.29, 0.717) is 0 Å². The van der Waals surface area contributed by atoms with Crippen LogP contribution in [0.15, 0.2) is 41.2 Å². The van der Waals surface area contributed by atoms with Crippen LogP contribution in [0.3, 0.4) is 0 Å². The van der Waals surface area contributed by atoms with Crippen molar-refractivity contribution in [2.75, 3.05) is 11.4 Å². The summed E-state index contributed by atoms with van der Waals surface area (Å²) in [5.41, 5.74) is 0.282. The fourth-order valence-corrected chi connectivity index (χ4v) is 2.67. The van der Waals surface area contributed by atoms with E-state index in [9.17, 15) is 24.1 Å². The zero-order chi connectivity index (χ0) is 18.0. The summed E-state index contributed by atoms with van der Waals surface area (Å²) in [5.74, 6) is -2.20. The largest absolute Gasteiger partial charge is 0.472 e. The number of furan rings is 1. The lowest BCUT2D eigenvalue weighted by Gasteiger charge is -2.16. The van der Waals surface area contributed by atoms with E-state index in [1.807, 2.05) is 0 Å². The molecule has 0 unspecified atom stereocenters. The van der Waals surface area contributed by atoms with Gasteiger partial charge in [0.2, 0.25) is 17.6 Å². The summed E-state index contributed by atoms with van der Waals surface area (Å²) in [4.78, 5) is 35.6. The molecular weight excluding hydrogens is 333 g/mol. The first-order valence-corrected chi connectivity index (χ1v) is 7.49. The van der Waals surface area contributed by atoms with Gasteiger partial charge < -0.3 is 14.6 Å². The van der Waals surface area contributed by atoms with Gasteiger partial charge in [-0.15, -0.1) is 0 Å². The molecule has 2 heterocycles. The van der Waals surface area contributed by atoms with Crippen LogP contribution in [0.4, 0.5) is 15.8 Å². The van der Waals surface area contributed by atoms with Crippen LogP contribution in [0.2, 0.25) is 0 Å². The van der Waals surface area contributed by atoms with Crippen molar-refractivity contribution in [3.63, 3.8) is 0 Å². The highest BCUT2D eigenvalue weighted by Crippen LogP contribution is 2.29. The number of hydrogen-bond donors (Lipinski definition) is 1. The average Bonchev–Trinajstić information content (AvgIpc) is 3.22. The number of anilines is 1. The van der Waals surface area contributed by atoms with Crippen LogP contribution >= 0.6 is 0 Å². The average molecular weight is 347 g/mol. The van der Waals surface area contributed by atoms with E-state index in [2.05, 4.69) is 5.32 Å². The Bertz CT molecular complexity index is 821. The van der Waals surface area contributed by atoms with Crippen molar-refractivity contribution in [1.82, 2.24) is 5.32 Å². The molecule has 1 aliphatic heterocycles. The number of nitro groups is 1. The molecule has 1 aromatic carbocycles. The second-order valence-electron chi connectivity index (χ2n) is 5.65. The van der Waals surface area contributed by atoms with Gasteiger partial charge >= 0.3 is 5.69 Å². The Hall–Kier alpha value is -3.23. The molecule has 0 aliphatic carbocycles. The van der Waals surface area contributed by atoms with Crippen molar-refractivity contribution in [2.45, 2.75) is 13.0 Å². The summed E-state index contributed by atoms with van der Waals surface area (Å²) < 4.78 is 18.3. The van der Waals surface area contributed by atoms with Gasteiger partial charge in [-0.1, -0.05) is 0 Å². The number of nitrogens with zero attached hydrogens (tertiary/aromatic N) is 2. The van der Waals surface area contributed by atoms with Crippen molar-refractivity contribution < 1.29 is 23.3 Å². The highest BCUT2D eigenvalue weighted by atomic mass is 19.1. The molecule has 3 rings (SSSR count). The SMILES string of the molecule is O=C(NCc1ccoc1)[C@@H]1CC(=O)N(c2ccc(F)c([N+](=O)[O-])c2)C1. The minimum atomic E-state index is -0.977. The number of amides is 2. The molecule has 0 radical (unpaired) electrons. The van der Waals surface area contributed by atoms with Crippen molar-refractivity contribution in [2.24, 2.45) is 5.92 Å². The topological polar surface area (TPSA) is 106 Å². The summed E-state index contributed by atoms with van der Waals surface area (Å²) in [5, 5.41) is 13.5. The standard InChI is InChI=1S/C16H14FN3O5/c17-13-2-1-12(6-14(13)20(23)24)19-8-11(5-15(19)21)16(22)18-7-10-3-4-25-9-10/h1-4,6,9,11H,5,7-8H2,(H,18,22)/t11-/m1/s1. The van der Waals surface area contributed by atoms with Crippen LogP contribution in [0, 0.1) is 21.8 Å². The van der Waals surface area contributed by atoms with Crippen LogP contribution in [0.5, 0.6) is 0 Å². The third kappa shape index (κ3) is 3.49. The highest BCUT2D eigenvalue weighted by molar-refractivity contribution is 6.00. The van der Waals surface area contributed by atoms with Gasteiger partial charge in [0.25, 0.3) is 0 Å². The molecule has 1 fully saturated rings. The second kappa shape index (κ2) is 6.71. The number of nitrogens with one attached hydrogen (secondary N) is 1. The lowest BCUT2D eigenvalue weighted by molar-refractivity contribution is -0.387. The zero-order valence-electron chi connectivity index (χ0n) is 13.0. The van der Waals surface area contributed by atoms with E-state index in [4.69, 9.17) is 4.42 Å². The molecule has 0 bridgehead atoms. The molecule has 2 amide bonds. The molecule has 2 aromatic rings. The van der Waals surface area contributed by atoms with E-state index in [1.165, 1.54) is 23.5 Å². The Kier molecular flexibility index (Phi) is 4.46. The van der Waals surface area contributed by atoms with E-state index in [-0.39, 0.29) is 37.0 Å². The minimum absolute atomic E-state index is 0.0115. The lowest BCUT2D eigenvalue weighted by atomic mass is 10.1. The number of benzene rings is 1. The van der Waals surface area contributed by atoms with Crippen molar-refractivity contribution >= 4 is 23.2 Å². The maximum atomic E-state index is 13.4. The predicted octanol–water partition coefficient (Wildman–Crippen LogP) is 2.00. The Morgan fingerprint density at radius 2 is 2.24 bits per heavy atom. The molecule has 130 valence electrons. The van der Waals surface area contributed by atoms with Crippen LogP contribution in [0.1, 0.15) is 12.0 Å². The Morgan fingerprint density at radius 3 is 2.92 bits per heavy atom. The molecule has 8 nitrogen and oxygen atoms in total. The number of rotatable bonds is 5. The Labute approximate surface area is 141 Å². The van der Waals surface area contributed by atoms with E-state index in [1.54, 1.807) is 6.07 Å². The predicted molar refractivity (Wildman–Crippen MR) is 84.1 cm³/mol. The van der Waals surface area contributed by atoms with Gasteiger partial charge in [0.1, 0.15) is 0 Å². The van der Waals surface area contributed by atoms with Crippen molar-refractivity contribution in [1.29, 1.82) is 0 Å². The van der Waals surface area contributed by atoms with Crippen molar-refractivity contribution in [3.8, 4) is 0 Å². The number of hydrogen-bond acceptors (Lipinski definition) is 5. The number of carbonyl (C=O) groups excluding carboxylic acids is 2. The second-order valence-corrected chi connectivity index (χ2v) is 5.65. The first kappa shape index (κ1) is 16.6. The number of halogens is 1. The summed E-state index contributed by atoms with van der Waals surface area (Å²) in [6.45, 7) is 0.362. The van der Waals surface area contributed by atoms with Crippen molar-refractivity contribution in [3.05, 3.63) is 58.3 Å². The Balaban J connectivity index is 1.69. The quantitative estimate of drug-likeness (QED) is 0.658. The van der Waals surface area contributed by atoms with Crippen LogP contribution in [-0.4, -0.2) is 23.3 Å². The normalized spacial score (nSPS) is 16.9. The number of carbonyl (C=O) groups is 2. The molecule has 0 saturated carbocycles. The van der Waals surface area contributed by atoms with Crippen LogP contribution in [-0.2, 0) is 16.1 Å². The van der Waals surface area contributed by atoms with Gasteiger partial charge in [-0.2, -0.15) is 4.39 Å². The van der Waals surface area contributed by atoms with Gasteiger partial charge in [0, 0.05) is 31.1 Å². The van der Waals surface area contributed by atoms with Crippen LogP contribution < -0.4 is 10.2 Å². The molecule has 1 N–H and O–H groups in total. The minimum Gasteiger partial charge on any atom is -0.472 e. The molecule has 1 aromatic heterocycles. The van der Waals surface area contributed by atoms with Gasteiger partial charge in [0.15, 0.2) is 0 Å². The smallest absolute Gasteiger partial charge is 0.306 e. The molecular formula is C16H14FN3O5. The third-order valence-electron chi connectivity index (χ3n) is 3.98. The zero-order valence-corrected chi connectivity index (χ0v) is 13.0. The fourth-order valence-electron chi connectivity index (χ4n) is 2.67. The maximum absolute atomic E-state index is 13.4. The number of nitro benzene ring substituents is 1. The van der Waals surface area contributed by atoms with Gasteiger partial charge in [-0.3, -0.25) is 19.7 Å². The molecule has 25 heavy (non-hydrogen) atoms. The first-order valence-electron chi connectivity index (χ1n) is 7.49. The van der Waals surface area contributed by atoms with E-state index >= 15 is 0 Å². The molecule has 1 saturated heterocycles. The molecule has 1 aliphatic rings. The Morgan fingerprint density at radius 1 is 1.44 bits per heavy atom. The van der Waals surface area contributed by atoms with E-state index < -0.39 is 22.3 Å². The first-order chi connectivity index (χ1) is 12.0. The summed E-state index contributed by atoms with van der Waals surface area (Å²) >= 11 is 0. The molecule has 1 atom stereocenters. The lowest BCUT2D eigenvalue weighted by Crippen LogP contribution is -2.32. The summed E-state index contributed by atoms with van der Waals surface area (Å²) in [6.07, 6.45) is 2.98. The monoisotopic (exact) mass is 347 g/mol. The molecule has 0 spiro atoms. The molecule has 9 heteroatoms. The maximum Gasteiger partial charge on any atom is 0.306 e. The van der Waals surface area contributed by atoms with Gasteiger partial charge in [-0.25, -0.2) is 0 Å².